The molecular weight excluding hydrogens is 344 g/mol. The van der Waals surface area contributed by atoms with E-state index in [1.54, 1.807) is 17.9 Å². The van der Waals surface area contributed by atoms with Gasteiger partial charge in [-0.1, -0.05) is 0 Å². The number of nitrogens with one attached hydrogen (secondary N) is 1. The van der Waals surface area contributed by atoms with Crippen molar-refractivity contribution >= 4 is 27.5 Å². The maximum Gasteiger partial charge on any atom is 0.309 e. The molecular formula is C11H13BrN6O3. The second-order valence-corrected chi connectivity index (χ2v) is 5.25. The minimum Gasteiger partial charge on any atom is -0.349 e. The second-order valence-electron chi connectivity index (χ2n) is 4.39. The molecule has 0 fully saturated rings. The summed E-state index contributed by atoms with van der Waals surface area (Å²) in [4.78, 5) is 22.0. The van der Waals surface area contributed by atoms with Crippen molar-refractivity contribution in [3.63, 3.8) is 0 Å². The molecule has 2 heterocycles. The Morgan fingerprint density at radius 2 is 2.29 bits per heavy atom. The lowest BCUT2D eigenvalue weighted by atomic mass is 10.4. The first-order chi connectivity index (χ1) is 9.88. The van der Waals surface area contributed by atoms with Crippen LogP contribution in [0.25, 0.3) is 0 Å². The lowest BCUT2D eigenvalue weighted by Gasteiger charge is -2.06. The van der Waals surface area contributed by atoms with E-state index in [0.717, 1.165) is 10.2 Å². The SMILES string of the molecule is Cc1nn(CC(=O)NCc2c(Br)cnn2C)cc1[N+](=O)[O-]. The molecule has 0 radical (unpaired) electrons. The van der Waals surface area contributed by atoms with E-state index in [9.17, 15) is 14.9 Å². The molecule has 2 aromatic heterocycles. The topological polar surface area (TPSA) is 108 Å². The molecule has 0 saturated heterocycles. The maximum absolute atomic E-state index is 11.8. The zero-order valence-electron chi connectivity index (χ0n) is 11.4. The van der Waals surface area contributed by atoms with Crippen LogP contribution in [0, 0.1) is 17.0 Å². The summed E-state index contributed by atoms with van der Waals surface area (Å²) in [6.07, 6.45) is 2.89. The molecule has 0 aromatic carbocycles. The van der Waals surface area contributed by atoms with Crippen molar-refractivity contribution in [2.45, 2.75) is 20.0 Å². The molecule has 10 heteroatoms. The number of rotatable bonds is 5. The lowest BCUT2D eigenvalue weighted by molar-refractivity contribution is -0.385. The highest BCUT2D eigenvalue weighted by molar-refractivity contribution is 9.10. The van der Waals surface area contributed by atoms with E-state index < -0.39 is 4.92 Å². The number of hydrogen-bond donors (Lipinski definition) is 1. The number of carbonyl (C=O) groups excluding carboxylic acids is 1. The predicted octanol–water partition coefficient (Wildman–Crippen LogP) is 0.912. The van der Waals surface area contributed by atoms with Crippen molar-refractivity contribution in [2.75, 3.05) is 0 Å². The number of amides is 1. The third-order valence-corrected chi connectivity index (χ3v) is 3.55. The van der Waals surface area contributed by atoms with Crippen LogP contribution in [0.15, 0.2) is 16.9 Å². The standard InChI is InChI=1S/C11H13BrN6O3/c1-7-10(18(20)21)5-17(15-7)6-11(19)13-4-9-8(12)3-14-16(9)2/h3,5H,4,6H2,1-2H3,(H,13,19). The smallest absolute Gasteiger partial charge is 0.309 e. The Bertz CT molecular complexity index is 673. The monoisotopic (exact) mass is 356 g/mol. The van der Waals surface area contributed by atoms with Crippen LogP contribution in [0.4, 0.5) is 5.69 Å². The van der Waals surface area contributed by atoms with E-state index in [2.05, 4.69) is 31.4 Å². The van der Waals surface area contributed by atoms with E-state index in [-0.39, 0.29) is 23.8 Å². The van der Waals surface area contributed by atoms with Crippen molar-refractivity contribution in [1.82, 2.24) is 24.9 Å². The molecule has 0 spiro atoms. The first kappa shape index (κ1) is 15.2. The van der Waals surface area contributed by atoms with Gasteiger partial charge in [0.05, 0.1) is 27.8 Å². The third kappa shape index (κ3) is 3.45. The van der Waals surface area contributed by atoms with Crippen molar-refractivity contribution in [3.8, 4) is 0 Å². The first-order valence-electron chi connectivity index (χ1n) is 6.00. The summed E-state index contributed by atoms with van der Waals surface area (Å²) in [5.74, 6) is -0.291. The highest BCUT2D eigenvalue weighted by Crippen LogP contribution is 2.15. The molecule has 0 atom stereocenters. The van der Waals surface area contributed by atoms with Crippen LogP contribution in [-0.2, 0) is 24.9 Å². The minimum atomic E-state index is -0.524. The summed E-state index contributed by atoms with van der Waals surface area (Å²) >= 11 is 3.34. The Morgan fingerprint density at radius 1 is 1.57 bits per heavy atom. The van der Waals surface area contributed by atoms with Crippen LogP contribution in [0.5, 0.6) is 0 Å². The molecule has 0 unspecified atom stereocenters. The van der Waals surface area contributed by atoms with E-state index in [0.29, 0.717) is 6.54 Å². The van der Waals surface area contributed by atoms with Gasteiger partial charge in [0.2, 0.25) is 5.91 Å². The molecule has 0 aliphatic heterocycles. The predicted molar refractivity (Wildman–Crippen MR) is 76.4 cm³/mol. The molecule has 0 saturated carbocycles. The molecule has 2 rings (SSSR count). The summed E-state index contributed by atoms with van der Waals surface area (Å²) in [5.41, 5.74) is 1.00. The highest BCUT2D eigenvalue weighted by Gasteiger charge is 2.16. The number of carbonyl (C=O) groups is 1. The van der Waals surface area contributed by atoms with Crippen molar-refractivity contribution in [2.24, 2.45) is 7.05 Å². The number of halogens is 1. The quantitative estimate of drug-likeness (QED) is 0.632. The van der Waals surface area contributed by atoms with Crippen LogP contribution in [0.1, 0.15) is 11.4 Å². The Hall–Kier alpha value is -2.23. The van der Waals surface area contributed by atoms with Gasteiger partial charge in [0, 0.05) is 7.05 Å². The molecule has 0 bridgehead atoms. The molecule has 0 aliphatic rings. The van der Waals surface area contributed by atoms with Crippen LogP contribution in [0.2, 0.25) is 0 Å². The lowest BCUT2D eigenvalue weighted by Crippen LogP contribution is -2.28. The summed E-state index contributed by atoms with van der Waals surface area (Å²) in [5, 5.41) is 21.4. The van der Waals surface area contributed by atoms with E-state index in [4.69, 9.17) is 0 Å². The van der Waals surface area contributed by atoms with Gasteiger partial charge in [-0.2, -0.15) is 10.2 Å². The zero-order valence-corrected chi connectivity index (χ0v) is 13.0. The zero-order chi connectivity index (χ0) is 15.6. The van der Waals surface area contributed by atoms with Gasteiger partial charge >= 0.3 is 5.69 Å². The van der Waals surface area contributed by atoms with Crippen LogP contribution >= 0.6 is 15.9 Å². The van der Waals surface area contributed by atoms with Crippen LogP contribution < -0.4 is 5.32 Å². The van der Waals surface area contributed by atoms with Gasteiger partial charge in [-0.15, -0.1) is 0 Å². The molecule has 21 heavy (non-hydrogen) atoms. The van der Waals surface area contributed by atoms with Gasteiger partial charge in [-0.25, -0.2) is 0 Å². The maximum atomic E-state index is 11.8. The molecule has 9 nitrogen and oxygen atoms in total. The Balaban J connectivity index is 1.96. The highest BCUT2D eigenvalue weighted by atomic mass is 79.9. The van der Waals surface area contributed by atoms with Gasteiger partial charge in [-0.3, -0.25) is 24.3 Å². The summed E-state index contributed by atoms with van der Waals surface area (Å²) < 4.78 is 3.70. The van der Waals surface area contributed by atoms with E-state index >= 15 is 0 Å². The Labute approximate surface area is 128 Å². The largest absolute Gasteiger partial charge is 0.349 e. The average Bonchev–Trinajstić information content (AvgIpc) is 2.91. The summed E-state index contributed by atoms with van der Waals surface area (Å²) in [6.45, 7) is 1.75. The molecule has 0 aliphatic carbocycles. The fourth-order valence-electron chi connectivity index (χ4n) is 1.79. The second kappa shape index (κ2) is 6.04. The van der Waals surface area contributed by atoms with Crippen molar-refractivity contribution < 1.29 is 9.72 Å². The average molecular weight is 357 g/mol. The number of aryl methyl sites for hydroxylation is 2. The fourth-order valence-corrected chi connectivity index (χ4v) is 2.28. The first-order valence-corrected chi connectivity index (χ1v) is 6.79. The fraction of sp³-hybridized carbons (Fsp3) is 0.364. The van der Waals surface area contributed by atoms with Gasteiger partial charge in [0.1, 0.15) is 18.4 Å². The summed E-state index contributed by atoms with van der Waals surface area (Å²) in [6, 6.07) is 0. The van der Waals surface area contributed by atoms with Crippen LogP contribution in [0.3, 0.4) is 0 Å². The van der Waals surface area contributed by atoms with Gasteiger partial charge in [-0.05, 0) is 22.9 Å². The molecule has 1 amide bonds. The third-order valence-electron chi connectivity index (χ3n) is 2.89. The summed E-state index contributed by atoms with van der Waals surface area (Å²) in [7, 11) is 1.77. The van der Waals surface area contributed by atoms with E-state index in [1.807, 2.05) is 0 Å². The number of nitro groups is 1. The van der Waals surface area contributed by atoms with Crippen molar-refractivity contribution in [3.05, 3.63) is 38.4 Å². The normalized spacial score (nSPS) is 10.6. The van der Waals surface area contributed by atoms with Gasteiger partial charge in [0.25, 0.3) is 0 Å². The number of hydrogen-bond acceptors (Lipinski definition) is 5. The number of aromatic nitrogens is 4. The van der Waals surface area contributed by atoms with E-state index in [1.165, 1.54) is 17.8 Å². The number of nitrogens with zero attached hydrogens (tertiary/aromatic N) is 5. The van der Waals surface area contributed by atoms with Crippen LogP contribution in [-0.4, -0.2) is 30.4 Å². The molecule has 2 aromatic rings. The van der Waals surface area contributed by atoms with Gasteiger partial charge in [0.15, 0.2) is 0 Å². The molecule has 1 N–H and O–H groups in total. The Kier molecular flexibility index (Phi) is 4.36. The van der Waals surface area contributed by atoms with Gasteiger partial charge < -0.3 is 5.32 Å². The Morgan fingerprint density at radius 3 is 2.81 bits per heavy atom. The molecule has 112 valence electrons. The van der Waals surface area contributed by atoms with Crippen molar-refractivity contribution in [1.29, 1.82) is 0 Å². The minimum absolute atomic E-state index is 0.0792.